The molecule has 0 aromatic heterocycles. The van der Waals surface area contributed by atoms with Crippen molar-refractivity contribution in [2.75, 3.05) is 6.61 Å². The molecule has 9 fully saturated rings. The summed E-state index contributed by atoms with van der Waals surface area (Å²) >= 11 is 0. The lowest BCUT2D eigenvalue weighted by molar-refractivity contribution is -0.357. The summed E-state index contributed by atoms with van der Waals surface area (Å²) in [7, 11) is 0. The molecule has 11 heterocycles. The fraction of sp³-hybridized carbons (Fsp3) is 0.918. The van der Waals surface area contributed by atoms with Gasteiger partial charge in [0, 0.05) is 63.4 Å². The van der Waals surface area contributed by atoms with Crippen LogP contribution in [0.25, 0.3) is 0 Å². The van der Waals surface area contributed by atoms with E-state index in [1.165, 1.54) is 0 Å². The molecule has 9 saturated heterocycles. The van der Waals surface area contributed by atoms with Gasteiger partial charge in [-0.15, -0.1) is 0 Å². The second-order valence-electron chi connectivity index (χ2n) is 22.8. The SMILES string of the molecule is CC1C=COC2CC3OC4CC(C)C5OC6CC7OC8(C)CC=CC9OC%10CC%11OC(C(C)CO)CC(O)C%11(C)OC%10CC9OC8CC7(C)OC6(C)CCC5OC4CC3(C)OC12. The van der Waals surface area contributed by atoms with Gasteiger partial charge in [-0.1, -0.05) is 32.9 Å². The number of rotatable bonds is 2. The van der Waals surface area contributed by atoms with Crippen molar-refractivity contribution in [2.45, 2.75) is 258 Å². The summed E-state index contributed by atoms with van der Waals surface area (Å²) in [5, 5.41) is 21.2. The van der Waals surface area contributed by atoms with Crippen LogP contribution in [0.2, 0.25) is 0 Å². The summed E-state index contributed by atoms with van der Waals surface area (Å²) in [5.74, 6) is 0.442. The van der Waals surface area contributed by atoms with Gasteiger partial charge in [0.25, 0.3) is 0 Å². The first-order valence-electron chi connectivity index (χ1n) is 24.4. The van der Waals surface area contributed by atoms with Crippen LogP contribution < -0.4 is 0 Å². The number of hydrogen-bond acceptors (Lipinski definition) is 13. The van der Waals surface area contributed by atoms with Crippen molar-refractivity contribution in [1.82, 2.24) is 0 Å². The van der Waals surface area contributed by atoms with Gasteiger partial charge in [-0.2, -0.15) is 0 Å². The molecule has 62 heavy (non-hydrogen) atoms. The minimum atomic E-state index is -0.867. The average Bonchev–Trinajstić information content (AvgIpc) is 3.42. The van der Waals surface area contributed by atoms with Gasteiger partial charge in [0.1, 0.15) is 23.9 Å². The predicted molar refractivity (Wildman–Crippen MR) is 224 cm³/mol. The molecule has 0 radical (unpaired) electrons. The van der Waals surface area contributed by atoms with Gasteiger partial charge >= 0.3 is 0 Å². The molecule has 0 aromatic rings. The normalized spacial score (nSPS) is 59.5. The molecule has 2 N–H and O–H groups in total. The minimum Gasteiger partial charge on any atom is -0.496 e. The molecule has 11 aliphatic heterocycles. The van der Waals surface area contributed by atoms with Crippen molar-refractivity contribution in [1.29, 1.82) is 0 Å². The third-order valence-electron chi connectivity index (χ3n) is 18.1. The third-order valence-corrected chi connectivity index (χ3v) is 18.1. The Labute approximate surface area is 368 Å². The molecule has 13 heteroatoms. The second-order valence-corrected chi connectivity index (χ2v) is 22.8. The number of aliphatic hydroxyl groups excluding tert-OH is 2. The van der Waals surface area contributed by atoms with Crippen molar-refractivity contribution in [2.24, 2.45) is 17.8 Å². The summed E-state index contributed by atoms with van der Waals surface area (Å²) in [5.41, 5.74) is -3.03. The number of fused-ring (bicyclic) bond motifs is 10. The van der Waals surface area contributed by atoms with Crippen LogP contribution in [0.1, 0.15) is 126 Å². The quantitative estimate of drug-likeness (QED) is 0.332. The molecular weight excluding hydrogens is 797 g/mol. The maximum absolute atomic E-state index is 11.4. The van der Waals surface area contributed by atoms with Crippen LogP contribution in [0.3, 0.4) is 0 Å². The Kier molecular flexibility index (Phi) is 10.8. The predicted octanol–water partition coefficient (Wildman–Crippen LogP) is 5.63. The molecule has 25 atom stereocenters. The molecule has 0 aromatic carbocycles. The van der Waals surface area contributed by atoms with Gasteiger partial charge in [0.15, 0.2) is 0 Å². The van der Waals surface area contributed by atoms with Gasteiger partial charge < -0.3 is 62.3 Å². The van der Waals surface area contributed by atoms with Gasteiger partial charge in [-0.25, -0.2) is 0 Å². The lowest BCUT2D eigenvalue weighted by atomic mass is 9.72. The second kappa shape index (κ2) is 15.4. The molecule has 13 nitrogen and oxygen atoms in total. The first kappa shape index (κ1) is 43.4. The maximum atomic E-state index is 11.4. The number of ether oxygens (including phenoxy) is 11. The van der Waals surface area contributed by atoms with Gasteiger partial charge in [-0.3, -0.25) is 0 Å². The standard InChI is InChI=1S/C49H74O13/c1-25-12-15-52-35-20-38-47(6,61-44(25)35)22-36-31(56-38)16-26(2)43-29(54-36)11-14-46(5)39(58-43)21-40-48(7,62-46)23-42-45(4,60-40)13-9-10-28-32(57-42)17-34-33(53-28)19-41-49(8,59-34)37(51)18-30(55-41)27(3)24-50/h9-10,12,15,25-44,50-51H,11,13-14,16-24H2,1-8H3. The molecule has 0 bridgehead atoms. The Morgan fingerprint density at radius 2 is 1.39 bits per heavy atom. The van der Waals surface area contributed by atoms with Crippen LogP contribution in [0.5, 0.6) is 0 Å². The van der Waals surface area contributed by atoms with Crippen LogP contribution in [0.15, 0.2) is 24.5 Å². The monoisotopic (exact) mass is 871 g/mol. The molecule has 348 valence electrons. The van der Waals surface area contributed by atoms with E-state index in [1.54, 1.807) is 0 Å². The lowest BCUT2D eigenvalue weighted by Gasteiger charge is -2.61. The maximum Gasteiger partial charge on any atom is 0.127 e. The minimum absolute atomic E-state index is 0.0106. The van der Waals surface area contributed by atoms with Crippen molar-refractivity contribution in [3.05, 3.63) is 24.5 Å². The molecule has 0 saturated carbocycles. The highest BCUT2D eigenvalue weighted by Crippen LogP contribution is 2.55. The summed E-state index contributed by atoms with van der Waals surface area (Å²) in [6.07, 6.45) is 13.1. The van der Waals surface area contributed by atoms with Gasteiger partial charge in [-0.05, 0) is 72.3 Å². The van der Waals surface area contributed by atoms with E-state index in [-0.39, 0.29) is 122 Å². The summed E-state index contributed by atoms with van der Waals surface area (Å²) in [4.78, 5) is 0. The van der Waals surface area contributed by atoms with E-state index in [0.717, 1.165) is 38.5 Å². The van der Waals surface area contributed by atoms with Crippen molar-refractivity contribution >= 4 is 0 Å². The Morgan fingerprint density at radius 3 is 2.21 bits per heavy atom. The highest BCUT2D eigenvalue weighted by Gasteiger charge is 2.64. The fourth-order valence-corrected chi connectivity index (χ4v) is 14.0. The highest BCUT2D eigenvalue weighted by molar-refractivity contribution is 5.15. The summed E-state index contributed by atoms with van der Waals surface area (Å²) < 4.78 is 76.3. The first-order chi connectivity index (χ1) is 29.5. The Balaban J connectivity index is 0.782. The molecule has 25 unspecified atom stereocenters. The lowest BCUT2D eigenvalue weighted by Crippen LogP contribution is -2.70. The van der Waals surface area contributed by atoms with E-state index in [9.17, 15) is 10.2 Å². The molecule has 11 aliphatic rings. The van der Waals surface area contributed by atoms with Gasteiger partial charge in [0.2, 0.25) is 0 Å². The van der Waals surface area contributed by atoms with Crippen LogP contribution in [-0.2, 0) is 52.1 Å². The zero-order valence-corrected chi connectivity index (χ0v) is 38.2. The van der Waals surface area contributed by atoms with E-state index in [0.29, 0.717) is 32.1 Å². The molecule has 0 amide bonds. The third kappa shape index (κ3) is 7.06. The van der Waals surface area contributed by atoms with E-state index in [2.05, 4.69) is 59.8 Å². The highest BCUT2D eigenvalue weighted by atomic mass is 16.6. The molecule has 11 rings (SSSR count). The molecular formula is C49H74O13. The topological polar surface area (TPSA) is 142 Å². The largest absolute Gasteiger partial charge is 0.496 e. The van der Waals surface area contributed by atoms with Crippen LogP contribution in [-0.4, -0.2) is 149 Å². The van der Waals surface area contributed by atoms with E-state index in [1.807, 2.05) is 20.1 Å². The number of hydrogen-bond donors (Lipinski definition) is 2. The summed E-state index contributed by atoms with van der Waals surface area (Å²) in [6.45, 7) is 17.3. The zero-order valence-electron chi connectivity index (χ0n) is 38.2. The Morgan fingerprint density at radius 1 is 0.613 bits per heavy atom. The van der Waals surface area contributed by atoms with Gasteiger partial charge in [0.05, 0.1) is 114 Å². The van der Waals surface area contributed by atoms with E-state index >= 15 is 0 Å². The zero-order chi connectivity index (χ0) is 43.1. The van der Waals surface area contributed by atoms with Crippen molar-refractivity contribution in [3.63, 3.8) is 0 Å². The van der Waals surface area contributed by atoms with Crippen LogP contribution in [0, 0.1) is 17.8 Å². The Hall–Kier alpha value is -1.20. The first-order valence-corrected chi connectivity index (χ1v) is 24.4. The van der Waals surface area contributed by atoms with Crippen molar-refractivity contribution < 1.29 is 62.3 Å². The van der Waals surface area contributed by atoms with E-state index < -0.39 is 34.1 Å². The summed E-state index contributed by atoms with van der Waals surface area (Å²) in [6, 6.07) is 0. The molecule has 0 spiro atoms. The van der Waals surface area contributed by atoms with E-state index in [4.69, 9.17) is 52.1 Å². The molecule has 0 aliphatic carbocycles. The number of aliphatic hydroxyl groups is 2. The van der Waals surface area contributed by atoms with Crippen LogP contribution >= 0.6 is 0 Å². The van der Waals surface area contributed by atoms with Crippen molar-refractivity contribution in [3.8, 4) is 0 Å². The fourth-order valence-electron chi connectivity index (χ4n) is 14.0. The smallest absolute Gasteiger partial charge is 0.127 e. The Bertz CT molecular complexity index is 1750. The van der Waals surface area contributed by atoms with Crippen LogP contribution in [0.4, 0.5) is 0 Å². The average molecular weight is 871 g/mol.